The van der Waals surface area contributed by atoms with E-state index in [1.165, 1.54) is 0 Å². The SMILES string of the molecule is Cn1nnnc1CCCCl. The van der Waals surface area contributed by atoms with E-state index in [0.717, 1.165) is 18.7 Å². The van der Waals surface area contributed by atoms with E-state index < -0.39 is 0 Å². The monoisotopic (exact) mass is 160 g/mol. The smallest absolute Gasteiger partial charge is 0.150 e. The summed E-state index contributed by atoms with van der Waals surface area (Å²) in [6, 6.07) is 0. The molecule has 0 radical (unpaired) electrons. The molecule has 0 aromatic carbocycles. The topological polar surface area (TPSA) is 43.6 Å². The Bertz CT molecular complexity index is 197. The summed E-state index contributed by atoms with van der Waals surface area (Å²) in [6.45, 7) is 0. The van der Waals surface area contributed by atoms with Gasteiger partial charge in [0.05, 0.1) is 0 Å². The molecule has 0 saturated heterocycles. The van der Waals surface area contributed by atoms with Crippen molar-refractivity contribution in [2.24, 2.45) is 7.05 Å². The Balaban J connectivity index is 2.49. The molecule has 4 nitrogen and oxygen atoms in total. The molecule has 0 spiro atoms. The van der Waals surface area contributed by atoms with Gasteiger partial charge in [-0.25, -0.2) is 4.68 Å². The molecule has 0 aliphatic rings. The fourth-order valence-electron chi connectivity index (χ4n) is 0.685. The van der Waals surface area contributed by atoms with Gasteiger partial charge in [0.15, 0.2) is 5.82 Å². The first-order valence-corrected chi connectivity index (χ1v) is 3.65. The maximum Gasteiger partial charge on any atom is 0.150 e. The summed E-state index contributed by atoms with van der Waals surface area (Å²) < 4.78 is 1.66. The number of nitrogens with zero attached hydrogens (tertiary/aromatic N) is 4. The van der Waals surface area contributed by atoms with Gasteiger partial charge in [0.2, 0.25) is 0 Å². The number of hydrogen-bond donors (Lipinski definition) is 0. The third-order valence-electron chi connectivity index (χ3n) is 1.24. The van der Waals surface area contributed by atoms with Crippen molar-refractivity contribution >= 4 is 11.6 Å². The van der Waals surface area contributed by atoms with Crippen LogP contribution in [0.2, 0.25) is 0 Å². The van der Waals surface area contributed by atoms with E-state index in [4.69, 9.17) is 11.6 Å². The van der Waals surface area contributed by atoms with Crippen molar-refractivity contribution < 1.29 is 0 Å². The van der Waals surface area contributed by atoms with E-state index in [1.807, 2.05) is 7.05 Å². The Labute approximate surface area is 64.2 Å². The summed E-state index contributed by atoms with van der Waals surface area (Å²) in [5.74, 6) is 1.55. The van der Waals surface area contributed by atoms with Crippen LogP contribution in [0.4, 0.5) is 0 Å². The van der Waals surface area contributed by atoms with Crippen molar-refractivity contribution in [2.45, 2.75) is 12.8 Å². The Morgan fingerprint density at radius 2 is 2.40 bits per heavy atom. The summed E-state index contributed by atoms with van der Waals surface area (Å²) >= 11 is 5.49. The summed E-state index contributed by atoms with van der Waals surface area (Å²) in [5, 5.41) is 11.0. The van der Waals surface area contributed by atoms with Crippen molar-refractivity contribution in [3.05, 3.63) is 5.82 Å². The fourth-order valence-corrected chi connectivity index (χ4v) is 0.818. The molecule has 0 aliphatic heterocycles. The summed E-state index contributed by atoms with van der Waals surface area (Å²) in [7, 11) is 1.82. The Kier molecular flexibility index (Phi) is 2.62. The zero-order valence-electron chi connectivity index (χ0n) is 5.79. The highest BCUT2D eigenvalue weighted by Crippen LogP contribution is 1.95. The van der Waals surface area contributed by atoms with Gasteiger partial charge in [0, 0.05) is 19.3 Å². The highest BCUT2D eigenvalue weighted by molar-refractivity contribution is 6.17. The van der Waals surface area contributed by atoms with Gasteiger partial charge in [0.25, 0.3) is 0 Å². The van der Waals surface area contributed by atoms with Crippen LogP contribution in [0, 0.1) is 0 Å². The van der Waals surface area contributed by atoms with Crippen molar-refractivity contribution in [1.29, 1.82) is 0 Å². The van der Waals surface area contributed by atoms with Crippen LogP contribution >= 0.6 is 11.6 Å². The number of aromatic nitrogens is 4. The van der Waals surface area contributed by atoms with Crippen LogP contribution in [-0.2, 0) is 13.5 Å². The minimum atomic E-state index is 0.660. The Morgan fingerprint density at radius 1 is 1.60 bits per heavy atom. The lowest BCUT2D eigenvalue weighted by molar-refractivity contribution is 0.669. The first kappa shape index (κ1) is 7.47. The number of halogens is 1. The van der Waals surface area contributed by atoms with Crippen molar-refractivity contribution in [1.82, 2.24) is 20.2 Å². The second-order valence-electron chi connectivity index (χ2n) is 2.01. The molecule has 0 N–H and O–H groups in total. The number of rotatable bonds is 3. The van der Waals surface area contributed by atoms with Crippen LogP contribution < -0.4 is 0 Å². The second-order valence-corrected chi connectivity index (χ2v) is 2.39. The van der Waals surface area contributed by atoms with Gasteiger partial charge < -0.3 is 0 Å². The molecule has 10 heavy (non-hydrogen) atoms. The largest absolute Gasteiger partial charge is 0.233 e. The molecule has 56 valence electrons. The van der Waals surface area contributed by atoms with Crippen molar-refractivity contribution in [2.75, 3.05) is 5.88 Å². The lowest BCUT2D eigenvalue weighted by Crippen LogP contribution is -1.99. The minimum Gasteiger partial charge on any atom is -0.233 e. The van der Waals surface area contributed by atoms with Crippen LogP contribution in [0.1, 0.15) is 12.2 Å². The van der Waals surface area contributed by atoms with Crippen molar-refractivity contribution in [3.63, 3.8) is 0 Å². The zero-order valence-corrected chi connectivity index (χ0v) is 6.54. The molecular weight excluding hydrogens is 152 g/mol. The Hall–Kier alpha value is -0.640. The molecule has 0 bridgehead atoms. The average Bonchev–Trinajstić information content (AvgIpc) is 2.31. The highest BCUT2D eigenvalue weighted by Gasteiger charge is 1.99. The lowest BCUT2D eigenvalue weighted by Gasteiger charge is -1.93. The number of aryl methyl sites for hydroxylation is 2. The molecule has 0 saturated carbocycles. The van der Waals surface area contributed by atoms with Gasteiger partial charge in [-0.1, -0.05) is 0 Å². The number of alkyl halides is 1. The molecule has 0 fully saturated rings. The molecule has 0 aliphatic carbocycles. The molecule has 1 aromatic heterocycles. The molecule has 0 amide bonds. The molecule has 0 atom stereocenters. The van der Waals surface area contributed by atoms with Gasteiger partial charge in [-0.3, -0.25) is 0 Å². The summed E-state index contributed by atoms with van der Waals surface area (Å²) in [6.07, 6.45) is 1.78. The first-order valence-electron chi connectivity index (χ1n) is 3.12. The number of tetrazole rings is 1. The third kappa shape index (κ3) is 1.67. The van der Waals surface area contributed by atoms with Crippen LogP contribution in [0.5, 0.6) is 0 Å². The summed E-state index contributed by atoms with van der Waals surface area (Å²) in [5.41, 5.74) is 0. The molecule has 0 unspecified atom stereocenters. The van der Waals surface area contributed by atoms with Crippen LogP contribution in [-0.4, -0.2) is 26.1 Å². The normalized spacial score (nSPS) is 10.2. The van der Waals surface area contributed by atoms with E-state index in [0.29, 0.717) is 5.88 Å². The van der Waals surface area contributed by atoms with E-state index in [9.17, 15) is 0 Å². The molecule has 1 heterocycles. The maximum absolute atomic E-state index is 5.49. The maximum atomic E-state index is 5.49. The molecule has 5 heteroatoms. The molecule has 1 aromatic rings. The zero-order chi connectivity index (χ0) is 7.40. The fraction of sp³-hybridized carbons (Fsp3) is 0.800. The highest BCUT2D eigenvalue weighted by atomic mass is 35.5. The second kappa shape index (κ2) is 3.51. The third-order valence-corrected chi connectivity index (χ3v) is 1.51. The van der Waals surface area contributed by atoms with Gasteiger partial charge in [0.1, 0.15) is 0 Å². The van der Waals surface area contributed by atoms with Crippen LogP contribution in [0.25, 0.3) is 0 Å². The van der Waals surface area contributed by atoms with E-state index in [2.05, 4.69) is 15.5 Å². The van der Waals surface area contributed by atoms with E-state index in [-0.39, 0.29) is 0 Å². The van der Waals surface area contributed by atoms with Gasteiger partial charge in [-0.2, -0.15) is 0 Å². The standard InChI is InChI=1S/C5H9ClN4/c1-10-5(3-2-4-6)7-8-9-10/h2-4H2,1H3. The molecule has 1 rings (SSSR count). The average molecular weight is 161 g/mol. The van der Waals surface area contributed by atoms with Gasteiger partial charge >= 0.3 is 0 Å². The number of hydrogen-bond acceptors (Lipinski definition) is 3. The van der Waals surface area contributed by atoms with E-state index >= 15 is 0 Å². The Morgan fingerprint density at radius 3 is 2.90 bits per heavy atom. The van der Waals surface area contributed by atoms with Crippen LogP contribution in [0.3, 0.4) is 0 Å². The van der Waals surface area contributed by atoms with Crippen molar-refractivity contribution in [3.8, 4) is 0 Å². The predicted octanol–water partition coefficient (Wildman–Crippen LogP) is 0.381. The molecular formula is C5H9ClN4. The van der Waals surface area contributed by atoms with Gasteiger partial charge in [-0.15, -0.1) is 16.7 Å². The lowest BCUT2D eigenvalue weighted by atomic mass is 10.3. The first-order chi connectivity index (χ1) is 4.84. The minimum absolute atomic E-state index is 0.660. The quantitative estimate of drug-likeness (QED) is 0.601. The van der Waals surface area contributed by atoms with Crippen LogP contribution in [0.15, 0.2) is 0 Å². The summed E-state index contributed by atoms with van der Waals surface area (Å²) in [4.78, 5) is 0. The van der Waals surface area contributed by atoms with Gasteiger partial charge in [-0.05, 0) is 16.8 Å². The predicted molar refractivity (Wildman–Crippen MR) is 37.8 cm³/mol. The van der Waals surface area contributed by atoms with E-state index in [1.54, 1.807) is 4.68 Å².